The van der Waals surface area contributed by atoms with Crippen molar-refractivity contribution < 1.29 is 31.8 Å². The molecule has 5 rings (SSSR count). The Hall–Kier alpha value is -4.49. The smallest absolute Gasteiger partial charge is 0.425 e. The van der Waals surface area contributed by atoms with Gasteiger partial charge in [0.2, 0.25) is 5.88 Å². The lowest BCUT2D eigenvalue weighted by Gasteiger charge is -2.20. The van der Waals surface area contributed by atoms with Crippen molar-refractivity contribution in [2.24, 2.45) is 0 Å². The third kappa shape index (κ3) is 6.62. The van der Waals surface area contributed by atoms with E-state index in [2.05, 4.69) is 15.1 Å². The maximum Gasteiger partial charge on any atom is 0.425 e. The number of benzene rings is 2. The fourth-order valence-corrected chi connectivity index (χ4v) is 4.37. The Bertz CT molecular complexity index is 1810. The average Bonchev–Trinajstić information content (AvgIpc) is 3.29. The summed E-state index contributed by atoms with van der Waals surface area (Å²) in [5.74, 6) is -1.48. The van der Waals surface area contributed by atoms with Gasteiger partial charge in [-0.15, -0.1) is 5.10 Å². The van der Waals surface area contributed by atoms with E-state index in [9.17, 15) is 22.4 Å². The second-order valence-corrected chi connectivity index (χ2v) is 9.72. The monoisotopic (exact) mass is 617 g/mol. The molecule has 9 nitrogen and oxygen atoms in total. The highest BCUT2D eigenvalue weighted by atomic mass is 35.5. The van der Waals surface area contributed by atoms with Crippen molar-refractivity contribution in [2.45, 2.75) is 45.9 Å². The maximum atomic E-state index is 14.4. The van der Waals surface area contributed by atoms with E-state index in [0.717, 1.165) is 29.4 Å². The summed E-state index contributed by atoms with van der Waals surface area (Å²) >= 11 is 5.87. The summed E-state index contributed by atoms with van der Waals surface area (Å²) in [5.41, 5.74) is 0.519. The van der Waals surface area contributed by atoms with Crippen molar-refractivity contribution in [3.05, 3.63) is 99.8 Å². The topological polar surface area (TPSA) is 93.3 Å². The molecule has 0 aliphatic rings. The molecule has 1 atom stereocenters. The number of aromatic nitrogens is 5. The molecule has 224 valence electrons. The number of hydrogen-bond acceptors (Lipinski definition) is 7. The van der Waals surface area contributed by atoms with Crippen molar-refractivity contribution in [1.29, 1.82) is 0 Å². The van der Waals surface area contributed by atoms with Gasteiger partial charge in [-0.25, -0.2) is 19.2 Å². The van der Waals surface area contributed by atoms with Gasteiger partial charge in [-0.2, -0.15) is 17.9 Å². The molecule has 43 heavy (non-hydrogen) atoms. The number of alkyl halides is 3. The molecule has 0 unspecified atom stereocenters. The number of halogens is 5. The van der Waals surface area contributed by atoms with Crippen LogP contribution < -0.4 is 15.2 Å². The van der Waals surface area contributed by atoms with Crippen LogP contribution in [0.4, 0.5) is 17.6 Å². The van der Waals surface area contributed by atoms with Crippen molar-refractivity contribution in [3.63, 3.8) is 0 Å². The van der Waals surface area contributed by atoms with Crippen LogP contribution in [0.3, 0.4) is 0 Å². The van der Waals surface area contributed by atoms with Gasteiger partial charge < -0.3 is 14.2 Å². The first kappa shape index (κ1) is 30.0. The maximum absolute atomic E-state index is 14.4. The van der Waals surface area contributed by atoms with Crippen LogP contribution in [0.15, 0.2) is 71.8 Å². The largest absolute Gasteiger partial charge is 0.480 e. The lowest BCUT2D eigenvalue weighted by Crippen LogP contribution is -2.31. The quantitative estimate of drug-likeness (QED) is 0.128. The second kappa shape index (κ2) is 12.4. The minimum absolute atomic E-state index is 0.00377. The van der Waals surface area contributed by atoms with E-state index in [4.69, 9.17) is 25.8 Å². The van der Waals surface area contributed by atoms with E-state index in [1.54, 1.807) is 6.92 Å². The number of fused-ring (bicyclic) bond motifs is 1. The Balaban J connectivity index is 1.58. The van der Waals surface area contributed by atoms with Crippen LogP contribution in [0.1, 0.15) is 25.2 Å². The molecule has 0 aliphatic carbocycles. The SMILES string of the molecule is CCn1c(COCc2ccccc2)nn(-c2cc(O[C@@H](C)C(F)(F)F)c3c(Oc4cc(Cl)ncc4F)nccc3c2)c1=O. The lowest BCUT2D eigenvalue weighted by atomic mass is 10.1. The van der Waals surface area contributed by atoms with Crippen molar-refractivity contribution in [3.8, 4) is 23.1 Å². The number of ether oxygens (including phenoxy) is 3. The summed E-state index contributed by atoms with van der Waals surface area (Å²) in [5, 5.41) is 4.63. The van der Waals surface area contributed by atoms with E-state index in [1.165, 1.54) is 29.0 Å². The molecule has 0 amide bonds. The third-order valence-electron chi connectivity index (χ3n) is 6.38. The van der Waals surface area contributed by atoms with E-state index < -0.39 is 23.8 Å². The van der Waals surface area contributed by atoms with Gasteiger partial charge >= 0.3 is 11.9 Å². The Morgan fingerprint density at radius 1 is 1.02 bits per heavy atom. The summed E-state index contributed by atoms with van der Waals surface area (Å²) in [6, 6.07) is 14.7. The Morgan fingerprint density at radius 3 is 2.51 bits per heavy atom. The molecular weight excluding hydrogens is 594 g/mol. The Labute approximate surface area is 247 Å². The van der Waals surface area contributed by atoms with E-state index in [1.807, 2.05) is 30.3 Å². The molecule has 0 saturated heterocycles. The molecule has 0 saturated carbocycles. The molecule has 3 heterocycles. The molecule has 3 aromatic heterocycles. The first-order chi connectivity index (χ1) is 20.5. The van der Waals surface area contributed by atoms with E-state index >= 15 is 0 Å². The van der Waals surface area contributed by atoms with Crippen LogP contribution in [-0.2, 0) is 24.5 Å². The van der Waals surface area contributed by atoms with Gasteiger partial charge in [0.15, 0.2) is 23.5 Å². The normalized spacial score (nSPS) is 12.4. The van der Waals surface area contributed by atoms with Gasteiger partial charge in [-0.05, 0) is 36.9 Å². The Kier molecular flexibility index (Phi) is 8.64. The fraction of sp³-hybridized carbons (Fsp3) is 0.241. The molecule has 2 aromatic carbocycles. The molecule has 5 aromatic rings. The number of nitrogens with zero attached hydrogens (tertiary/aromatic N) is 5. The minimum atomic E-state index is -4.72. The fourth-order valence-electron chi connectivity index (χ4n) is 4.22. The van der Waals surface area contributed by atoms with Gasteiger partial charge in [0.25, 0.3) is 0 Å². The predicted octanol–water partition coefficient (Wildman–Crippen LogP) is 6.63. The van der Waals surface area contributed by atoms with Gasteiger partial charge in [-0.3, -0.25) is 4.57 Å². The van der Waals surface area contributed by atoms with Crippen molar-refractivity contribution in [1.82, 2.24) is 24.3 Å². The van der Waals surface area contributed by atoms with Crippen LogP contribution in [0.2, 0.25) is 5.15 Å². The first-order valence-corrected chi connectivity index (χ1v) is 13.4. The summed E-state index contributed by atoms with van der Waals surface area (Å²) in [6.45, 7) is 3.15. The van der Waals surface area contributed by atoms with Crippen LogP contribution in [0.25, 0.3) is 16.5 Å². The number of hydrogen-bond donors (Lipinski definition) is 0. The minimum Gasteiger partial charge on any atom is -0.480 e. The second-order valence-electron chi connectivity index (χ2n) is 9.33. The third-order valence-corrected chi connectivity index (χ3v) is 6.58. The van der Waals surface area contributed by atoms with E-state index in [-0.39, 0.29) is 58.8 Å². The predicted molar refractivity (Wildman–Crippen MR) is 149 cm³/mol. The van der Waals surface area contributed by atoms with Crippen molar-refractivity contribution in [2.75, 3.05) is 0 Å². The molecule has 14 heteroatoms. The standard InChI is InChI=1S/C29H24ClF4N5O4/c1-3-38-25(16-41-15-18-7-5-4-6-8-18)37-39(28(38)40)20-11-19-9-10-35-27(43-22-13-24(30)36-14-21(22)31)26(19)23(12-20)42-17(2)29(32,33)34/h4-14,17H,3,15-16H2,1-2H3/t17-/m0/s1. The molecule has 0 fully saturated rings. The molecule has 0 bridgehead atoms. The zero-order valence-electron chi connectivity index (χ0n) is 22.8. The highest BCUT2D eigenvalue weighted by Gasteiger charge is 2.38. The van der Waals surface area contributed by atoms with Gasteiger partial charge in [0.05, 0.1) is 23.9 Å². The number of pyridine rings is 2. The Morgan fingerprint density at radius 2 is 1.79 bits per heavy atom. The molecule has 0 N–H and O–H groups in total. The average molecular weight is 618 g/mol. The zero-order valence-corrected chi connectivity index (χ0v) is 23.6. The highest BCUT2D eigenvalue weighted by Crippen LogP contribution is 2.39. The van der Waals surface area contributed by atoms with Gasteiger partial charge in [-0.1, -0.05) is 41.9 Å². The van der Waals surface area contributed by atoms with Crippen molar-refractivity contribution >= 4 is 22.4 Å². The van der Waals surface area contributed by atoms with Crippen LogP contribution in [0, 0.1) is 5.82 Å². The van der Waals surface area contributed by atoms with Crippen LogP contribution in [0.5, 0.6) is 17.4 Å². The van der Waals surface area contributed by atoms with Gasteiger partial charge in [0, 0.05) is 24.9 Å². The van der Waals surface area contributed by atoms with Gasteiger partial charge in [0.1, 0.15) is 17.5 Å². The van der Waals surface area contributed by atoms with Crippen LogP contribution in [-0.4, -0.2) is 36.6 Å². The van der Waals surface area contributed by atoms with E-state index in [0.29, 0.717) is 5.82 Å². The summed E-state index contributed by atoms with van der Waals surface area (Å²) in [7, 11) is 0. The first-order valence-electron chi connectivity index (χ1n) is 13.0. The molecule has 0 radical (unpaired) electrons. The lowest BCUT2D eigenvalue weighted by molar-refractivity contribution is -0.189. The zero-order chi connectivity index (χ0) is 30.7. The molecular formula is C29H24ClF4N5O4. The number of rotatable bonds is 10. The summed E-state index contributed by atoms with van der Waals surface area (Å²) < 4.78 is 74.3. The highest BCUT2D eigenvalue weighted by molar-refractivity contribution is 6.29. The summed E-state index contributed by atoms with van der Waals surface area (Å²) in [6.07, 6.45) is -4.82. The summed E-state index contributed by atoms with van der Waals surface area (Å²) in [4.78, 5) is 21.1. The van der Waals surface area contributed by atoms with Crippen LogP contribution >= 0.6 is 11.6 Å². The molecule has 0 spiro atoms. The molecule has 0 aliphatic heterocycles.